The van der Waals surface area contributed by atoms with Crippen molar-refractivity contribution in [3.63, 3.8) is 0 Å². The molecular formula is C20H25N3S. The third-order valence-corrected chi connectivity index (χ3v) is 4.20. The fraction of sp³-hybridized carbons (Fsp3) is 0.300. The first-order valence-corrected chi connectivity index (χ1v) is 8.45. The molecule has 0 aliphatic carbocycles. The van der Waals surface area contributed by atoms with E-state index in [-0.39, 0.29) is 5.41 Å². The Morgan fingerprint density at radius 2 is 1.71 bits per heavy atom. The number of hydrogen-bond acceptors (Lipinski definition) is 2. The summed E-state index contributed by atoms with van der Waals surface area (Å²) in [6.07, 6.45) is 1.77. The van der Waals surface area contributed by atoms with Crippen LogP contribution in [0.5, 0.6) is 0 Å². The first-order chi connectivity index (χ1) is 11.3. The number of anilines is 1. The van der Waals surface area contributed by atoms with E-state index in [0.717, 1.165) is 11.3 Å². The predicted molar refractivity (Wildman–Crippen MR) is 108 cm³/mol. The minimum atomic E-state index is 0.158. The van der Waals surface area contributed by atoms with Gasteiger partial charge >= 0.3 is 0 Å². The summed E-state index contributed by atoms with van der Waals surface area (Å²) in [6.45, 7) is 10.8. The van der Waals surface area contributed by atoms with E-state index in [0.29, 0.717) is 5.11 Å². The summed E-state index contributed by atoms with van der Waals surface area (Å²) >= 11 is 5.29. The van der Waals surface area contributed by atoms with Crippen molar-refractivity contribution >= 4 is 29.2 Å². The van der Waals surface area contributed by atoms with E-state index in [2.05, 4.69) is 80.8 Å². The Kier molecular flexibility index (Phi) is 5.73. The summed E-state index contributed by atoms with van der Waals surface area (Å²) in [5.41, 5.74) is 8.76. The minimum Gasteiger partial charge on any atom is -0.331 e. The smallest absolute Gasteiger partial charge is 0.191 e. The number of hydrazone groups is 1. The molecule has 0 saturated carbocycles. The molecule has 0 fully saturated rings. The molecule has 0 aromatic heterocycles. The molecule has 2 aromatic carbocycles. The van der Waals surface area contributed by atoms with E-state index in [1.165, 1.54) is 16.7 Å². The highest BCUT2D eigenvalue weighted by Crippen LogP contribution is 2.21. The van der Waals surface area contributed by atoms with Crippen LogP contribution < -0.4 is 10.7 Å². The SMILES string of the molecule is Cc1cccc(NC(=S)NN=Cc2ccc(C(C)(C)C)cc2)c1C. The quantitative estimate of drug-likeness (QED) is 0.473. The Hall–Kier alpha value is -2.20. The number of thiocarbonyl (C=S) groups is 1. The maximum atomic E-state index is 5.29. The standard InChI is InChI=1S/C20H25N3S/c1-14-7-6-8-18(15(14)2)22-19(24)23-21-13-16-9-11-17(12-10-16)20(3,4)5/h6-13H,1-5H3,(H2,22,23,24). The Morgan fingerprint density at radius 1 is 1.04 bits per heavy atom. The first-order valence-electron chi connectivity index (χ1n) is 8.04. The molecule has 24 heavy (non-hydrogen) atoms. The van der Waals surface area contributed by atoms with Crippen LogP contribution in [0.15, 0.2) is 47.6 Å². The highest BCUT2D eigenvalue weighted by Gasteiger charge is 2.12. The molecule has 0 radical (unpaired) electrons. The van der Waals surface area contributed by atoms with Crippen molar-refractivity contribution in [2.75, 3.05) is 5.32 Å². The van der Waals surface area contributed by atoms with Gasteiger partial charge in [-0.25, -0.2) is 0 Å². The second kappa shape index (κ2) is 7.58. The van der Waals surface area contributed by atoms with E-state index in [4.69, 9.17) is 12.2 Å². The van der Waals surface area contributed by atoms with Gasteiger partial charge in [-0.2, -0.15) is 5.10 Å². The van der Waals surface area contributed by atoms with Crippen molar-refractivity contribution in [2.45, 2.75) is 40.0 Å². The van der Waals surface area contributed by atoms with Gasteiger partial charge in [0.1, 0.15) is 0 Å². The number of hydrogen-bond donors (Lipinski definition) is 2. The van der Waals surface area contributed by atoms with Crippen molar-refractivity contribution in [1.29, 1.82) is 0 Å². The minimum absolute atomic E-state index is 0.158. The van der Waals surface area contributed by atoms with Gasteiger partial charge in [0.25, 0.3) is 0 Å². The molecule has 2 rings (SSSR count). The molecule has 0 saturated heterocycles. The Balaban J connectivity index is 1.94. The van der Waals surface area contributed by atoms with Crippen molar-refractivity contribution in [3.8, 4) is 0 Å². The Labute approximate surface area is 150 Å². The number of nitrogens with zero attached hydrogens (tertiary/aromatic N) is 1. The fourth-order valence-corrected chi connectivity index (χ4v) is 2.43. The number of aryl methyl sites for hydroxylation is 1. The van der Waals surface area contributed by atoms with Gasteiger partial charge in [-0.05, 0) is 59.8 Å². The molecule has 0 amide bonds. The zero-order chi connectivity index (χ0) is 17.7. The van der Waals surface area contributed by atoms with E-state index in [1.54, 1.807) is 6.21 Å². The van der Waals surface area contributed by atoms with Crippen LogP contribution in [-0.2, 0) is 5.41 Å². The number of rotatable bonds is 3. The van der Waals surface area contributed by atoms with Gasteiger partial charge in [0.15, 0.2) is 5.11 Å². The molecule has 2 aromatic rings. The first kappa shape index (κ1) is 18.1. The van der Waals surface area contributed by atoms with Crippen LogP contribution in [0.3, 0.4) is 0 Å². The average Bonchev–Trinajstić information content (AvgIpc) is 2.51. The Bertz CT molecular complexity index is 740. The Morgan fingerprint density at radius 3 is 2.33 bits per heavy atom. The average molecular weight is 340 g/mol. The topological polar surface area (TPSA) is 36.4 Å². The lowest BCUT2D eigenvalue weighted by molar-refractivity contribution is 0.590. The van der Waals surface area contributed by atoms with Crippen molar-refractivity contribution in [1.82, 2.24) is 5.43 Å². The van der Waals surface area contributed by atoms with Crippen LogP contribution >= 0.6 is 12.2 Å². The van der Waals surface area contributed by atoms with Crippen molar-refractivity contribution < 1.29 is 0 Å². The molecule has 3 nitrogen and oxygen atoms in total. The molecule has 0 spiro atoms. The summed E-state index contributed by atoms with van der Waals surface area (Å²) in [5, 5.41) is 7.85. The van der Waals surface area contributed by atoms with Gasteiger partial charge < -0.3 is 5.32 Å². The third-order valence-electron chi connectivity index (χ3n) is 4.01. The van der Waals surface area contributed by atoms with Gasteiger partial charge in [-0.1, -0.05) is 57.2 Å². The predicted octanol–water partition coefficient (Wildman–Crippen LogP) is 4.92. The van der Waals surface area contributed by atoms with E-state index in [1.807, 2.05) is 12.1 Å². The fourth-order valence-electron chi connectivity index (χ4n) is 2.27. The molecule has 0 unspecified atom stereocenters. The van der Waals surface area contributed by atoms with E-state index < -0.39 is 0 Å². The summed E-state index contributed by atoms with van der Waals surface area (Å²) in [7, 11) is 0. The van der Waals surface area contributed by atoms with Crippen LogP contribution in [0.2, 0.25) is 0 Å². The molecule has 0 bridgehead atoms. The van der Waals surface area contributed by atoms with Gasteiger partial charge in [0.05, 0.1) is 6.21 Å². The second-order valence-corrected chi connectivity index (χ2v) is 7.35. The van der Waals surface area contributed by atoms with Crippen LogP contribution in [0, 0.1) is 13.8 Å². The number of nitrogens with one attached hydrogen (secondary N) is 2. The van der Waals surface area contributed by atoms with Gasteiger partial charge in [-0.3, -0.25) is 5.43 Å². The maximum absolute atomic E-state index is 5.29. The van der Waals surface area contributed by atoms with Crippen molar-refractivity contribution in [2.24, 2.45) is 5.10 Å². The molecule has 0 aliphatic heterocycles. The van der Waals surface area contributed by atoms with Crippen LogP contribution in [0.4, 0.5) is 5.69 Å². The van der Waals surface area contributed by atoms with E-state index in [9.17, 15) is 0 Å². The van der Waals surface area contributed by atoms with Gasteiger partial charge in [0, 0.05) is 5.69 Å². The molecule has 0 heterocycles. The highest BCUT2D eigenvalue weighted by molar-refractivity contribution is 7.80. The second-order valence-electron chi connectivity index (χ2n) is 6.94. The monoisotopic (exact) mass is 339 g/mol. The summed E-state index contributed by atoms with van der Waals surface area (Å²) in [5.74, 6) is 0. The molecule has 4 heteroatoms. The van der Waals surface area contributed by atoms with E-state index >= 15 is 0 Å². The molecule has 2 N–H and O–H groups in total. The summed E-state index contributed by atoms with van der Waals surface area (Å²) in [6, 6.07) is 14.5. The maximum Gasteiger partial charge on any atom is 0.191 e. The lowest BCUT2D eigenvalue weighted by Gasteiger charge is -2.18. The van der Waals surface area contributed by atoms with Gasteiger partial charge in [-0.15, -0.1) is 0 Å². The van der Waals surface area contributed by atoms with Crippen LogP contribution in [-0.4, -0.2) is 11.3 Å². The lowest BCUT2D eigenvalue weighted by atomic mass is 9.87. The molecular weight excluding hydrogens is 314 g/mol. The largest absolute Gasteiger partial charge is 0.331 e. The number of benzene rings is 2. The zero-order valence-corrected chi connectivity index (χ0v) is 15.8. The molecule has 0 atom stereocenters. The van der Waals surface area contributed by atoms with Crippen LogP contribution in [0.25, 0.3) is 0 Å². The lowest BCUT2D eigenvalue weighted by Crippen LogP contribution is -2.24. The van der Waals surface area contributed by atoms with Gasteiger partial charge in [0.2, 0.25) is 0 Å². The third kappa shape index (κ3) is 4.90. The van der Waals surface area contributed by atoms with Crippen molar-refractivity contribution in [3.05, 3.63) is 64.7 Å². The summed E-state index contributed by atoms with van der Waals surface area (Å²) in [4.78, 5) is 0. The zero-order valence-electron chi connectivity index (χ0n) is 15.0. The highest BCUT2D eigenvalue weighted by atomic mass is 32.1. The molecule has 126 valence electrons. The van der Waals surface area contributed by atoms with Crippen LogP contribution in [0.1, 0.15) is 43.0 Å². The normalized spacial score (nSPS) is 11.5. The molecule has 0 aliphatic rings. The summed E-state index contributed by atoms with van der Waals surface area (Å²) < 4.78 is 0.